The van der Waals surface area contributed by atoms with Crippen molar-refractivity contribution in [1.82, 2.24) is 4.31 Å². The molecule has 0 spiro atoms. The fourth-order valence-electron chi connectivity index (χ4n) is 3.28. The highest BCUT2D eigenvalue weighted by molar-refractivity contribution is 7.92. The fourth-order valence-corrected chi connectivity index (χ4v) is 7.46. The van der Waals surface area contributed by atoms with Crippen LogP contribution in [0.4, 0.5) is 0 Å². The number of sulfonamides is 1. The Labute approximate surface area is 121 Å². The van der Waals surface area contributed by atoms with Gasteiger partial charge in [-0.2, -0.15) is 4.31 Å². The van der Waals surface area contributed by atoms with Gasteiger partial charge >= 0.3 is 0 Å². The zero-order chi connectivity index (χ0) is 15.0. The summed E-state index contributed by atoms with van der Waals surface area (Å²) in [6.07, 6.45) is 3.07. The smallest absolute Gasteiger partial charge is 0.217 e. The van der Waals surface area contributed by atoms with Crippen LogP contribution < -0.4 is 5.73 Å². The Hall–Kier alpha value is -0.180. The number of rotatable bonds is 3. The molecule has 2 saturated heterocycles. The molecule has 2 rings (SSSR count). The second-order valence-electron chi connectivity index (χ2n) is 5.90. The quantitative estimate of drug-likeness (QED) is 0.794. The molecule has 0 aromatic rings. The van der Waals surface area contributed by atoms with Crippen LogP contribution >= 0.6 is 0 Å². The third-order valence-corrected chi connectivity index (χ3v) is 8.72. The minimum absolute atomic E-state index is 0.0214. The molecular weight excluding hydrogens is 300 g/mol. The summed E-state index contributed by atoms with van der Waals surface area (Å²) in [5, 5.41) is -0.569. The van der Waals surface area contributed by atoms with Crippen LogP contribution in [0.15, 0.2) is 0 Å². The molecule has 20 heavy (non-hydrogen) atoms. The van der Waals surface area contributed by atoms with Gasteiger partial charge in [0.25, 0.3) is 0 Å². The van der Waals surface area contributed by atoms with Crippen LogP contribution in [0, 0.1) is 0 Å². The van der Waals surface area contributed by atoms with Gasteiger partial charge < -0.3 is 5.73 Å². The first kappa shape index (κ1) is 16.2. The van der Waals surface area contributed by atoms with Crippen molar-refractivity contribution in [3.8, 4) is 0 Å². The summed E-state index contributed by atoms with van der Waals surface area (Å²) in [4.78, 5) is 0. The predicted molar refractivity (Wildman–Crippen MR) is 78.6 cm³/mol. The Balaban J connectivity index is 2.20. The van der Waals surface area contributed by atoms with Crippen molar-refractivity contribution in [2.45, 2.75) is 56.4 Å². The zero-order valence-electron chi connectivity index (χ0n) is 11.9. The number of hydrogen-bond donors (Lipinski definition) is 1. The molecule has 2 aliphatic rings. The van der Waals surface area contributed by atoms with Crippen LogP contribution in [0.5, 0.6) is 0 Å². The van der Waals surface area contributed by atoms with E-state index >= 15 is 0 Å². The van der Waals surface area contributed by atoms with Crippen molar-refractivity contribution < 1.29 is 16.8 Å². The van der Waals surface area contributed by atoms with E-state index in [1.165, 1.54) is 0 Å². The van der Waals surface area contributed by atoms with Gasteiger partial charge in [0.15, 0.2) is 0 Å². The van der Waals surface area contributed by atoms with Gasteiger partial charge in [0, 0.05) is 18.6 Å². The molecule has 2 aliphatic heterocycles. The van der Waals surface area contributed by atoms with Crippen molar-refractivity contribution in [3.63, 3.8) is 0 Å². The average Bonchev–Trinajstić information content (AvgIpc) is 2.37. The molecular formula is C12H24N2O4S2. The van der Waals surface area contributed by atoms with E-state index in [2.05, 4.69) is 0 Å². The molecule has 0 radical (unpaired) electrons. The molecule has 2 fully saturated rings. The van der Waals surface area contributed by atoms with E-state index in [1.807, 2.05) is 6.92 Å². The second-order valence-corrected chi connectivity index (χ2v) is 10.3. The fraction of sp³-hybridized carbons (Fsp3) is 1.00. The SMILES string of the molecule is CC1CCCC(CN)N1S(=O)(=O)C1CCS(=O)(=O)CC1. The average molecular weight is 324 g/mol. The monoisotopic (exact) mass is 324 g/mol. The third kappa shape index (κ3) is 3.18. The molecule has 0 aromatic heterocycles. The van der Waals surface area contributed by atoms with Crippen molar-refractivity contribution in [2.75, 3.05) is 18.1 Å². The van der Waals surface area contributed by atoms with Gasteiger partial charge in [0.05, 0.1) is 16.8 Å². The molecule has 118 valence electrons. The molecule has 0 aromatic carbocycles. The van der Waals surface area contributed by atoms with Gasteiger partial charge in [-0.3, -0.25) is 0 Å². The van der Waals surface area contributed by atoms with Crippen LogP contribution in [0.2, 0.25) is 0 Å². The molecule has 0 bridgehead atoms. The largest absolute Gasteiger partial charge is 0.329 e. The summed E-state index contributed by atoms with van der Waals surface area (Å²) < 4.78 is 50.1. The minimum Gasteiger partial charge on any atom is -0.329 e. The van der Waals surface area contributed by atoms with Crippen molar-refractivity contribution in [1.29, 1.82) is 0 Å². The number of nitrogens with zero attached hydrogens (tertiary/aromatic N) is 1. The lowest BCUT2D eigenvalue weighted by Crippen LogP contribution is -2.55. The Morgan fingerprint density at radius 3 is 2.30 bits per heavy atom. The van der Waals surface area contributed by atoms with Gasteiger partial charge in [-0.1, -0.05) is 6.42 Å². The van der Waals surface area contributed by atoms with E-state index < -0.39 is 25.1 Å². The van der Waals surface area contributed by atoms with Crippen LogP contribution in [0.25, 0.3) is 0 Å². The molecule has 2 unspecified atom stereocenters. The standard InChI is InChI=1S/C12H24N2O4S2/c1-10-3-2-4-11(9-13)14(10)20(17,18)12-5-7-19(15,16)8-6-12/h10-12H,2-9,13H2,1H3. The Morgan fingerprint density at radius 2 is 1.75 bits per heavy atom. The van der Waals surface area contributed by atoms with E-state index in [0.717, 1.165) is 19.3 Å². The van der Waals surface area contributed by atoms with Crippen LogP contribution in [-0.2, 0) is 19.9 Å². The first-order valence-electron chi connectivity index (χ1n) is 7.21. The van der Waals surface area contributed by atoms with Gasteiger partial charge in [-0.05, 0) is 32.6 Å². The number of nitrogens with two attached hydrogens (primary N) is 1. The molecule has 0 aliphatic carbocycles. The summed E-state index contributed by atoms with van der Waals surface area (Å²) in [6.45, 7) is 2.24. The highest BCUT2D eigenvalue weighted by atomic mass is 32.2. The van der Waals surface area contributed by atoms with Gasteiger partial charge in [0.2, 0.25) is 10.0 Å². The molecule has 6 nitrogen and oxygen atoms in total. The van der Waals surface area contributed by atoms with Crippen molar-refractivity contribution in [3.05, 3.63) is 0 Å². The lowest BCUT2D eigenvalue weighted by Gasteiger charge is -2.41. The van der Waals surface area contributed by atoms with E-state index in [-0.39, 0.29) is 36.4 Å². The zero-order valence-corrected chi connectivity index (χ0v) is 13.5. The minimum atomic E-state index is -3.46. The normalized spacial score (nSPS) is 33.1. The maximum Gasteiger partial charge on any atom is 0.217 e. The summed E-state index contributed by atoms with van der Waals surface area (Å²) in [5.41, 5.74) is 5.72. The Kier molecular flexibility index (Phi) is 4.78. The number of sulfone groups is 1. The first-order chi connectivity index (χ1) is 9.28. The summed E-state index contributed by atoms with van der Waals surface area (Å²) in [5.74, 6) is -0.0428. The molecule has 8 heteroatoms. The maximum absolute atomic E-state index is 12.8. The summed E-state index contributed by atoms with van der Waals surface area (Å²) in [6, 6.07) is -0.178. The second kappa shape index (κ2) is 5.90. The van der Waals surface area contributed by atoms with E-state index in [4.69, 9.17) is 5.73 Å². The number of piperidine rings is 1. The third-order valence-electron chi connectivity index (χ3n) is 4.44. The Bertz CT molecular complexity index is 530. The van der Waals surface area contributed by atoms with Crippen molar-refractivity contribution in [2.24, 2.45) is 5.73 Å². The van der Waals surface area contributed by atoms with Crippen molar-refractivity contribution >= 4 is 19.9 Å². The maximum atomic E-state index is 12.8. The van der Waals surface area contributed by atoms with Gasteiger partial charge in [0.1, 0.15) is 9.84 Å². The van der Waals surface area contributed by atoms with E-state index in [9.17, 15) is 16.8 Å². The van der Waals surface area contributed by atoms with Gasteiger partial charge in [-0.15, -0.1) is 0 Å². The lowest BCUT2D eigenvalue weighted by molar-refractivity contribution is 0.193. The van der Waals surface area contributed by atoms with Gasteiger partial charge in [-0.25, -0.2) is 16.8 Å². The molecule has 0 saturated carbocycles. The number of hydrogen-bond acceptors (Lipinski definition) is 5. The predicted octanol–water partition coefficient (Wildman–Crippen LogP) is 0.0951. The molecule has 2 heterocycles. The topological polar surface area (TPSA) is 97.5 Å². The van der Waals surface area contributed by atoms with Crippen LogP contribution in [-0.4, -0.2) is 56.5 Å². The highest BCUT2D eigenvalue weighted by Crippen LogP contribution is 2.31. The highest BCUT2D eigenvalue weighted by Gasteiger charge is 2.42. The molecule has 2 N–H and O–H groups in total. The summed E-state index contributed by atoms with van der Waals surface area (Å²) in [7, 11) is -6.50. The Morgan fingerprint density at radius 1 is 1.15 bits per heavy atom. The molecule has 0 amide bonds. The summed E-state index contributed by atoms with van der Waals surface area (Å²) >= 11 is 0. The lowest BCUT2D eigenvalue weighted by atomic mass is 10.00. The molecule has 2 atom stereocenters. The van der Waals surface area contributed by atoms with Crippen LogP contribution in [0.3, 0.4) is 0 Å². The van der Waals surface area contributed by atoms with E-state index in [1.54, 1.807) is 4.31 Å². The first-order valence-corrected chi connectivity index (χ1v) is 10.5. The van der Waals surface area contributed by atoms with Crippen LogP contribution in [0.1, 0.15) is 39.0 Å². The van der Waals surface area contributed by atoms with E-state index in [0.29, 0.717) is 6.54 Å².